The first-order valence-corrected chi connectivity index (χ1v) is 6.26. The van der Waals surface area contributed by atoms with E-state index >= 15 is 0 Å². The van der Waals surface area contributed by atoms with Gasteiger partial charge in [0.15, 0.2) is 0 Å². The maximum Gasteiger partial charge on any atom is 0.243 e. The van der Waals surface area contributed by atoms with Crippen LogP contribution in [0.5, 0.6) is 0 Å². The molecule has 2 aliphatic rings. The smallest absolute Gasteiger partial charge is 0.243 e. The molecule has 3 nitrogen and oxygen atoms in total. The topological polar surface area (TPSA) is 41.5 Å². The van der Waals surface area contributed by atoms with Crippen molar-refractivity contribution in [2.75, 3.05) is 0 Å². The van der Waals surface area contributed by atoms with Gasteiger partial charge >= 0.3 is 0 Å². The van der Waals surface area contributed by atoms with E-state index in [1.807, 2.05) is 0 Å². The fourth-order valence-electron chi connectivity index (χ4n) is 2.48. The van der Waals surface area contributed by atoms with Gasteiger partial charge in [-0.3, -0.25) is 4.79 Å². The number of nitrogens with zero attached hydrogens (tertiary/aromatic N) is 1. The number of hydrazone groups is 1. The number of amides is 1. The molecule has 0 bridgehead atoms. The van der Waals surface area contributed by atoms with Crippen LogP contribution in [0.4, 0.5) is 0 Å². The summed E-state index contributed by atoms with van der Waals surface area (Å²) < 4.78 is 0. The van der Waals surface area contributed by atoms with Crippen molar-refractivity contribution >= 4 is 11.6 Å². The molecule has 0 radical (unpaired) electrons. The molecule has 1 N–H and O–H groups in total. The lowest BCUT2D eigenvalue weighted by Crippen LogP contribution is -2.28. The fraction of sp³-hybridized carbons (Fsp3) is 0.429. The number of benzene rings is 1. The molecule has 0 unspecified atom stereocenters. The lowest BCUT2D eigenvalue weighted by Gasteiger charge is -2.12. The molecule has 88 valence electrons. The molecule has 1 fully saturated rings. The molecule has 3 rings (SSSR count). The molecular weight excluding hydrogens is 212 g/mol. The zero-order chi connectivity index (χ0) is 11.8. The minimum Gasteiger partial charge on any atom is -0.273 e. The maximum absolute atomic E-state index is 11.3. The predicted octanol–water partition coefficient (Wildman–Crippen LogP) is 2.11. The van der Waals surface area contributed by atoms with Gasteiger partial charge < -0.3 is 0 Å². The SMILES string of the molecule is CCCc1ccc(C2=NNC(=O)[C@@H]3C[C@@H]23)cc1. The molecule has 1 aromatic rings. The number of fused-ring (bicyclic) bond motifs is 1. The Hall–Kier alpha value is -1.64. The Labute approximate surface area is 101 Å². The Morgan fingerprint density at radius 2 is 2.06 bits per heavy atom. The van der Waals surface area contributed by atoms with Crippen LogP contribution >= 0.6 is 0 Å². The molecule has 1 aromatic carbocycles. The summed E-state index contributed by atoms with van der Waals surface area (Å²) >= 11 is 0. The van der Waals surface area contributed by atoms with Crippen molar-refractivity contribution in [1.82, 2.24) is 5.43 Å². The Bertz CT molecular complexity index is 476. The molecule has 17 heavy (non-hydrogen) atoms. The number of carbonyl (C=O) groups excluding carboxylic acids is 1. The molecule has 1 heterocycles. The van der Waals surface area contributed by atoms with Gasteiger partial charge in [0.2, 0.25) is 5.91 Å². The summed E-state index contributed by atoms with van der Waals surface area (Å²) in [7, 11) is 0. The summed E-state index contributed by atoms with van der Waals surface area (Å²) in [6.07, 6.45) is 3.25. The second-order valence-electron chi connectivity index (χ2n) is 4.87. The molecule has 0 spiro atoms. The third-order valence-corrected chi connectivity index (χ3v) is 3.55. The molecule has 3 heteroatoms. The van der Waals surface area contributed by atoms with E-state index in [4.69, 9.17) is 0 Å². The lowest BCUT2D eigenvalue weighted by atomic mass is 10.0. The lowest BCUT2D eigenvalue weighted by molar-refractivity contribution is -0.122. The average molecular weight is 228 g/mol. The third kappa shape index (κ3) is 1.86. The van der Waals surface area contributed by atoms with Crippen LogP contribution < -0.4 is 5.43 Å². The molecule has 1 aliphatic heterocycles. The van der Waals surface area contributed by atoms with Gasteiger partial charge in [-0.2, -0.15) is 5.10 Å². The standard InChI is InChI=1S/C14H16N2O/c1-2-3-9-4-6-10(7-5-9)13-11-8-12(11)14(17)16-15-13/h4-7,11-12H,2-3,8H2,1H3,(H,16,17)/t11-,12-/m1/s1. The van der Waals surface area contributed by atoms with Crippen molar-refractivity contribution in [3.8, 4) is 0 Å². The summed E-state index contributed by atoms with van der Waals surface area (Å²) in [6.45, 7) is 2.18. The molecule has 1 amide bonds. The zero-order valence-electron chi connectivity index (χ0n) is 9.94. The summed E-state index contributed by atoms with van der Waals surface area (Å²) in [5.74, 6) is 0.625. The molecule has 2 atom stereocenters. The Morgan fingerprint density at radius 1 is 1.29 bits per heavy atom. The van der Waals surface area contributed by atoms with Crippen LogP contribution in [0.1, 0.15) is 30.9 Å². The van der Waals surface area contributed by atoms with E-state index in [0.29, 0.717) is 5.92 Å². The monoisotopic (exact) mass is 228 g/mol. The van der Waals surface area contributed by atoms with Crippen LogP contribution in [-0.2, 0) is 11.2 Å². The van der Waals surface area contributed by atoms with Gasteiger partial charge in [-0.25, -0.2) is 5.43 Å². The second-order valence-corrected chi connectivity index (χ2v) is 4.87. The van der Waals surface area contributed by atoms with Crippen molar-refractivity contribution in [3.05, 3.63) is 35.4 Å². The number of rotatable bonds is 3. The summed E-state index contributed by atoms with van der Waals surface area (Å²) in [5, 5.41) is 4.20. The minimum absolute atomic E-state index is 0.0846. The fourth-order valence-corrected chi connectivity index (χ4v) is 2.48. The van der Waals surface area contributed by atoms with E-state index in [0.717, 1.165) is 24.1 Å². The quantitative estimate of drug-likeness (QED) is 0.845. The van der Waals surface area contributed by atoms with Gasteiger partial charge in [-0.1, -0.05) is 37.6 Å². The average Bonchev–Trinajstić information content (AvgIpc) is 3.12. The first-order valence-electron chi connectivity index (χ1n) is 6.26. The van der Waals surface area contributed by atoms with Crippen molar-refractivity contribution in [2.45, 2.75) is 26.2 Å². The first-order chi connectivity index (χ1) is 8.29. The minimum atomic E-state index is 0.0846. The van der Waals surface area contributed by atoms with Gasteiger partial charge in [-0.05, 0) is 24.0 Å². The normalized spacial score (nSPS) is 25.9. The highest BCUT2D eigenvalue weighted by Gasteiger charge is 2.49. The maximum atomic E-state index is 11.3. The summed E-state index contributed by atoms with van der Waals surface area (Å²) in [5.41, 5.74) is 6.18. The van der Waals surface area contributed by atoms with Crippen LogP contribution in [0.25, 0.3) is 0 Å². The molecule has 1 aliphatic carbocycles. The van der Waals surface area contributed by atoms with E-state index in [1.165, 1.54) is 12.0 Å². The van der Waals surface area contributed by atoms with Crippen molar-refractivity contribution in [2.24, 2.45) is 16.9 Å². The largest absolute Gasteiger partial charge is 0.273 e. The van der Waals surface area contributed by atoms with E-state index in [1.54, 1.807) is 0 Å². The van der Waals surface area contributed by atoms with Crippen molar-refractivity contribution in [1.29, 1.82) is 0 Å². The van der Waals surface area contributed by atoms with E-state index in [-0.39, 0.29) is 11.8 Å². The second kappa shape index (κ2) is 3.99. The van der Waals surface area contributed by atoms with Gasteiger partial charge in [-0.15, -0.1) is 0 Å². The number of hydrogen-bond acceptors (Lipinski definition) is 2. The highest BCUT2D eigenvalue weighted by Crippen LogP contribution is 2.43. The Balaban J connectivity index is 1.83. The number of nitrogens with one attached hydrogen (secondary N) is 1. The van der Waals surface area contributed by atoms with Crippen molar-refractivity contribution in [3.63, 3.8) is 0 Å². The molecular formula is C14H16N2O. The van der Waals surface area contributed by atoms with E-state index < -0.39 is 0 Å². The molecule has 1 saturated carbocycles. The number of carbonyl (C=O) groups is 1. The van der Waals surface area contributed by atoms with Crippen LogP contribution in [0, 0.1) is 11.8 Å². The van der Waals surface area contributed by atoms with E-state index in [9.17, 15) is 4.79 Å². The molecule has 0 saturated heterocycles. The van der Waals surface area contributed by atoms with Gasteiger partial charge in [0, 0.05) is 11.8 Å². The van der Waals surface area contributed by atoms with Gasteiger partial charge in [0.1, 0.15) is 0 Å². The predicted molar refractivity (Wildman–Crippen MR) is 66.7 cm³/mol. The number of aryl methyl sites for hydroxylation is 1. The third-order valence-electron chi connectivity index (χ3n) is 3.55. The van der Waals surface area contributed by atoms with E-state index in [2.05, 4.69) is 41.7 Å². The number of hydrogen-bond donors (Lipinski definition) is 1. The van der Waals surface area contributed by atoms with Crippen LogP contribution in [0.2, 0.25) is 0 Å². The first kappa shape index (κ1) is 10.5. The summed E-state index contributed by atoms with van der Waals surface area (Å²) in [6, 6.07) is 8.57. The van der Waals surface area contributed by atoms with Gasteiger partial charge in [0.05, 0.1) is 5.71 Å². The Kier molecular flexibility index (Phi) is 2.46. The Morgan fingerprint density at radius 3 is 2.76 bits per heavy atom. The highest BCUT2D eigenvalue weighted by molar-refractivity contribution is 6.09. The van der Waals surface area contributed by atoms with Crippen molar-refractivity contribution < 1.29 is 4.79 Å². The van der Waals surface area contributed by atoms with Crippen LogP contribution in [0.3, 0.4) is 0 Å². The zero-order valence-corrected chi connectivity index (χ0v) is 9.94. The van der Waals surface area contributed by atoms with Crippen LogP contribution in [0.15, 0.2) is 29.4 Å². The van der Waals surface area contributed by atoms with Crippen LogP contribution in [-0.4, -0.2) is 11.6 Å². The van der Waals surface area contributed by atoms with Gasteiger partial charge in [0.25, 0.3) is 0 Å². The highest BCUT2D eigenvalue weighted by atomic mass is 16.2. The molecule has 0 aromatic heterocycles. The summed E-state index contributed by atoms with van der Waals surface area (Å²) in [4.78, 5) is 11.3.